The number of hydrogen-bond donors (Lipinski definition) is 2. The molecule has 0 aromatic carbocycles. The van der Waals surface area contributed by atoms with Gasteiger partial charge in [-0.05, 0) is 40.2 Å². The van der Waals surface area contributed by atoms with Crippen molar-refractivity contribution in [1.29, 1.82) is 0 Å². The van der Waals surface area contributed by atoms with E-state index in [2.05, 4.69) is 26.2 Å². The van der Waals surface area contributed by atoms with Crippen LogP contribution < -0.4 is 5.32 Å². The second-order valence-corrected chi connectivity index (χ2v) is 6.33. The summed E-state index contributed by atoms with van der Waals surface area (Å²) in [7, 11) is 0. The van der Waals surface area contributed by atoms with Gasteiger partial charge in [0, 0.05) is 4.88 Å². The number of carboxylic acid groups (broad SMARTS) is 1. The fourth-order valence-electron chi connectivity index (χ4n) is 1.36. The van der Waals surface area contributed by atoms with Crippen LogP contribution in [0.2, 0.25) is 5.15 Å². The SMILES string of the molecule is O=C(O)c1ccc(Cl)nc1NCc1ccc(Br)s1. The Labute approximate surface area is 121 Å². The minimum absolute atomic E-state index is 0.107. The van der Waals surface area contributed by atoms with E-state index >= 15 is 0 Å². The van der Waals surface area contributed by atoms with Crippen molar-refractivity contribution < 1.29 is 9.90 Å². The molecular formula is C11H8BrClN2O2S. The molecule has 94 valence electrons. The van der Waals surface area contributed by atoms with Crippen molar-refractivity contribution in [3.05, 3.63) is 43.6 Å². The molecule has 2 aromatic rings. The van der Waals surface area contributed by atoms with Crippen molar-refractivity contribution in [3.63, 3.8) is 0 Å². The first kappa shape index (κ1) is 13.3. The number of pyridine rings is 1. The number of halogens is 2. The molecule has 0 unspecified atom stereocenters. The predicted molar refractivity (Wildman–Crippen MR) is 75.6 cm³/mol. The Morgan fingerprint density at radius 2 is 2.22 bits per heavy atom. The summed E-state index contributed by atoms with van der Waals surface area (Å²) in [4.78, 5) is 16.1. The van der Waals surface area contributed by atoms with Crippen LogP contribution in [0.15, 0.2) is 28.1 Å². The highest BCUT2D eigenvalue weighted by Crippen LogP contribution is 2.23. The number of carbonyl (C=O) groups is 1. The quantitative estimate of drug-likeness (QED) is 0.824. The van der Waals surface area contributed by atoms with Gasteiger partial charge in [0.2, 0.25) is 0 Å². The number of nitrogens with one attached hydrogen (secondary N) is 1. The van der Waals surface area contributed by atoms with E-state index in [4.69, 9.17) is 16.7 Å². The van der Waals surface area contributed by atoms with Gasteiger partial charge in [-0.15, -0.1) is 11.3 Å². The summed E-state index contributed by atoms with van der Waals surface area (Å²) in [5, 5.41) is 12.3. The van der Waals surface area contributed by atoms with Gasteiger partial charge in [-0.25, -0.2) is 9.78 Å². The first-order valence-corrected chi connectivity index (χ1v) is 6.93. The van der Waals surface area contributed by atoms with E-state index in [1.807, 2.05) is 12.1 Å². The first-order valence-electron chi connectivity index (χ1n) is 4.94. The third-order valence-electron chi connectivity index (χ3n) is 2.15. The lowest BCUT2D eigenvalue weighted by molar-refractivity contribution is 0.0697. The predicted octanol–water partition coefficient (Wildman–Crippen LogP) is 3.87. The van der Waals surface area contributed by atoms with Crippen LogP contribution >= 0.6 is 38.9 Å². The van der Waals surface area contributed by atoms with E-state index in [9.17, 15) is 4.79 Å². The second-order valence-electron chi connectivity index (χ2n) is 3.39. The standard InChI is InChI=1S/C11H8BrClN2O2S/c12-8-3-1-6(18-8)5-14-10-7(11(16)17)2-4-9(13)15-10/h1-4H,5H2,(H,14,15)(H,16,17). The van der Waals surface area contributed by atoms with Gasteiger partial charge in [0.05, 0.1) is 10.3 Å². The van der Waals surface area contributed by atoms with Crippen molar-refractivity contribution in [2.45, 2.75) is 6.54 Å². The molecule has 0 saturated carbocycles. The van der Waals surface area contributed by atoms with E-state index < -0.39 is 5.97 Å². The van der Waals surface area contributed by atoms with Gasteiger partial charge in [-0.3, -0.25) is 0 Å². The lowest BCUT2D eigenvalue weighted by Gasteiger charge is -2.07. The van der Waals surface area contributed by atoms with Gasteiger partial charge in [-0.2, -0.15) is 0 Å². The summed E-state index contributed by atoms with van der Waals surface area (Å²) in [5.41, 5.74) is 0.107. The summed E-state index contributed by atoms with van der Waals surface area (Å²) in [6, 6.07) is 6.78. The van der Waals surface area contributed by atoms with Crippen molar-refractivity contribution in [2.24, 2.45) is 0 Å². The van der Waals surface area contributed by atoms with Gasteiger partial charge >= 0.3 is 5.97 Å². The Morgan fingerprint density at radius 3 is 2.83 bits per heavy atom. The molecule has 0 aliphatic rings. The van der Waals surface area contributed by atoms with E-state index in [0.29, 0.717) is 6.54 Å². The molecular weight excluding hydrogens is 340 g/mol. The highest BCUT2D eigenvalue weighted by atomic mass is 79.9. The van der Waals surface area contributed by atoms with E-state index in [1.54, 1.807) is 11.3 Å². The Hall–Kier alpha value is -1.11. The van der Waals surface area contributed by atoms with Crippen molar-refractivity contribution in [2.75, 3.05) is 5.32 Å². The molecule has 0 bridgehead atoms. The number of carboxylic acids is 1. The van der Waals surface area contributed by atoms with Gasteiger partial charge in [0.25, 0.3) is 0 Å². The molecule has 18 heavy (non-hydrogen) atoms. The monoisotopic (exact) mass is 346 g/mol. The second kappa shape index (κ2) is 5.69. The third-order valence-corrected chi connectivity index (χ3v) is 3.98. The minimum atomic E-state index is -1.03. The first-order chi connectivity index (χ1) is 8.56. The molecule has 2 N–H and O–H groups in total. The van der Waals surface area contributed by atoms with Crippen LogP contribution in [0.5, 0.6) is 0 Å². The minimum Gasteiger partial charge on any atom is -0.478 e. The topological polar surface area (TPSA) is 62.2 Å². The van der Waals surface area contributed by atoms with E-state index in [0.717, 1.165) is 8.66 Å². The van der Waals surface area contributed by atoms with Gasteiger partial charge in [0.15, 0.2) is 0 Å². The van der Waals surface area contributed by atoms with E-state index in [1.165, 1.54) is 12.1 Å². The molecule has 2 aromatic heterocycles. The highest BCUT2D eigenvalue weighted by molar-refractivity contribution is 9.11. The summed E-state index contributed by atoms with van der Waals surface area (Å²) >= 11 is 10.7. The molecule has 0 atom stereocenters. The number of thiophene rings is 1. The molecule has 0 aliphatic heterocycles. The Kier molecular flexibility index (Phi) is 4.21. The fourth-order valence-corrected chi connectivity index (χ4v) is 2.93. The Balaban J connectivity index is 2.17. The maximum absolute atomic E-state index is 11.0. The lowest BCUT2D eigenvalue weighted by atomic mass is 10.2. The molecule has 2 rings (SSSR count). The van der Waals surface area contributed by atoms with Crippen LogP contribution in [0.4, 0.5) is 5.82 Å². The molecule has 2 heterocycles. The van der Waals surface area contributed by atoms with Crippen molar-refractivity contribution in [3.8, 4) is 0 Å². The van der Waals surface area contributed by atoms with Crippen LogP contribution in [0.25, 0.3) is 0 Å². The highest BCUT2D eigenvalue weighted by Gasteiger charge is 2.12. The average Bonchev–Trinajstić information content (AvgIpc) is 2.72. The third kappa shape index (κ3) is 3.22. The van der Waals surface area contributed by atoms with Crippen LogP contribution in [0.3, 0.4) is 0 Å². The summed E-state index contributed by atoms with van der Waals surface area (Å²) in [6.07, 6.45) is 0. The normalized spacial score (nSPS) is 10.3. The number of anilines is 1. The molecule has 0 saturated heterocycles. The van der Waals surface area contributed by atoms with Crippen LogP contribution in [-0.2, 0) is 6.54 Å². The molecule has 0 amide bonds. The van der Waals surface area contributed by atoms with Gasteiger partial charge in [-0.1, -0.05) is 11.6 Å². The summed E-state index contributed by atoms with van der Waals surface area (Å²) in [6.45, 7) is 0.504. The van der Waals surface area contributed by atoms with Gasteiger partial charge < -0.3 is 10.4 Å². The summed E-state index contributed by atoms with van der Waals surface area (Å²) < 4.78 is 1.02. The molecule has 0 spiro atoms. The number of nitrogens with zero attached hydrogens (tertiary/aromatic N) is 1. The largest absolute Gasteiger partial charge is 0.478 e. The van der Waals surface area contributed by atoms with Crippen molar-refractivity contribution in [1.82, 2.24) is 4.98 Å². The van der Waals surface area contributed by atoms with Crippen LogP contribution in [0, 0.1) is 0 Å². The number of rotatable bonds is 4. The Bertz CT molecular complexity index is 588. The molecule has 0 aliphatic carbocycles. The van der Waals surface area contributed by atoms with Gasteiger partial charge in [0.1, 0.15) is 16.5 Å². The number of aromatic carboxylic acids is 1. The molecule has 7 heteroatoms. The molecule has 0 fully saturated rings. The fraction of sp³-hybridized carbons (Fsp3) is 0.0909. The van der Waals surface area contributed by atoms with Crippen LogP contribution in [0.1, 0.15) is 15.2 Å². The molecule has 0 radical (unpaired) electrons. The maximum Gasteiger partial charge on any atom is 0.339 e. The number of aromatic nitrogens is 1. The number of hydrogen-bond acceptors (Lipinski definition) is 4. The smallest absolute Gasteiger partial charge is 0.339 e. The van der Waals surface area contributed by atoms with Crippen LogP contribution in [-0.4, -0.2) is 16.1 Å². The average molecular weight is 348 g/mol. The zero-order valence-electron chi connectivity index (χ0n) is 8.98. The zero-order chi connectivity index (χ0) is 13.1. The Morgan fingerprint density at radius 1 is 1.44 bits per heavy atom. The summed E-state index contributed by atoms with van der Waals surface area (Å²) in [5.74, 6) is -0.756. The lowest BCUT2D eigenvalue weighted by Crippen LogP contribution is -2.07. The zero-order valence-corrected chi connectivity index (χ0v) is 12.1. The van der Waals surface area contributed by atoms with Crippen molar-refractivity contribution >= 4 is 50.7 Å². The molecule has 4 nitrogen and oxygen atoms in total. The van der Waals surface area contributed by atoms with E-state index in [-0.39, 0.29) is 16.5 Å². The maximum atomic E-state index is 11.0.